The van der Waals surface area contributed by atoms with Crippen LogP contribution in [0.1, 0.15) is 47.4 Å². The first-order chi connectivity index (χ1) is 13.7. The van der Waals surface area contributed by atoms with Crippen LogP contribution in [0.2, 0.25) is 0 Å². The Morgan fingerprint density at radius 1 is 0.929 bits per heavy atom. The Kier molecular flexibility index (Phi) is 5.74. The van der Waals surface area contributed by atoms with Gasteiger partial charge in [0, 0.05) is 44.8 Å². The lowest BCUT2D eigenvalue weighted by molar-refractivity contribution is -0.132. The van der Waals surface area contributed by atoms with E-state index in [0.29, 0.717) is 38.3 Å². The van der Waals surface area contributed by atoms with Crippen LogP contribution in [-0.2, 0) is 24.2 Å². The zero-order valence-electron chi connectivity index (χ0n) is 16.3. The van der Waals surface area contributed by atoms with Crippen molar-refractivity contribution < 1.29 is 9.59 Å². The van der Waals surface area contributed by atoms with Gasteiger partial charge in [0.15, 0.2) is 5.69 Å². The van der Waals surface area contributed by atoms with E-state index in [9.17, 15) is 9.59 Å². The lowest BCUT2D eigenvalue weighted by Crippen LogP contribution is -2.50. The third-order valence-corrected chi connectivity index (χ3v) is 5.75. The van der Waals surface area contributed by atoms with Gasteiger partial charge in [-0.2, -0.15) is 5.10 Å². The first-order valence-corrected chi connectivity index (χ1v) is 10.4. The fraction of sp³-hybridized carbons (Fsp3) is 0.500. The van der Waals surface area contributed by atoms with Gasteiger partial charge in [-0.25, -0.2) is 0 Å². The van der Waals surface area contributed by atoms with Gasteiger partial charge in [-0.1, -0.05) is 30.3 Å². The summed E-state index contributed by atoms with van der Waals surface area (Å²) >= 11 is 0. The van der Waals surface area contributed by atoms with E-state index in [1.165, 1.54) is 17.7 Å². The normalized spacial score (nSPS) is 16.7. The number of hydrogen-bond donors (Lipinski definition) is 0. The summed E-state index contributed by atoms with van der Waals surface area (Å²) < 4.78 is 1.98. The molecule has 1 aromatic carbocycles. The molecule has 0 radical (unpaired) electrons. The summed E-state index contributed by atoms with van der Waals surface area (Å²) in [6, 6.07) is 12.2. The molecule has 148 valence electrons. The van der Waals surface area contributed by atoms with Crippen LogP contribution in [0.4, 0.5) is 0 Å². The van der Waals surface area contributed by atoms with E-state index >= 15 is 0 Å². The minimum absolute atomic E-state index is 0.00178. The molecule has 0 unspecified atom stereocenters. The number of rotatable bonds is 5. The van der Waals surface area contributed by atoms with E-state index < -0.39 is 0 Å². The van der Waals surface area contributed by atoms with Crippen LogP contribution in [0, 0.1) is 0 Å². The van der Waals surface area contributed by atoms with E-state index in [1.54, 1.807) is 0 Å². The Bertz CT molecular complexity index is 799. The van der Waals surface area contributed by atoms with Crippen LogP contribution in [-0.4, -0.2) is 57.6 Å². The second-order valence-electron chi connectivity index (χ2n) is 7.71. The highest BCUT2D eigenvalue weighted by molar-refractivity contribution is 5.92. The van der Waals surface area contributed by atoms with Gasteiger partial charge in [0.2, 0.25) is 5.91 Å². The molecular formula is C22H28N4O2. The van der Waals surface area contributed by atoms with Crippen LogP contribution in [0.5, 0.6) is 0 Å². The predicted octanol–water partition coefficient (Wildman–Crippen LogP) is 2.53. The molecule has 2 amide bonds. The van der Waals surface area contributed by atoms with Gasteiger partial charge in [0.1, 0.15) is 0 Å². The summed E-state index contributed by atoms with van der Waals surface area (Å²) in [6.07, 6.45) is 5.66. The number of carbonyl (C=O) groups is 2. The summed E-state index contributed by atoms with van der Waals surface area (Å²) in [5, 5.41) is 4.49. The maximum Gasteiger partial charge on any atom is 0.274 e. The van der Waals surface area contributed by atoms with Crippen molar-refractivity contribution in [1.82, 2.24) is 19.6 Å². The fourth-order valence-electron chi connectivity index (χ4n) is 4.09. The molecule has 0 aliphatic carbocycles. The van der Waals surface area contributed by atoms with Crippen molar-refractivity contribution in [1.29, 1.82) is 0 Å². The second-order valence-corrected chi connectivity index (χ2v) is 7.71. The number of fused-ring (bicyclic) bond motifs is 1. The molecule has 0 spiro atoms. The molecular weight excluding hydrogens is 352 g/mol. The quantitative estimate of drug-likeness (QED) is 0.801. The van der Waals surface area contributed by atoms with Crippen molar-refractivity contribution in [3.63, 3.8) is 0 Å². The van der Waals surface area contributed by atoms with Crippen molar-refractivity contribution in [2.45, 2.75) is 45.1 Å². The van der Waals surface area contributed by atoms with E-state index in [-0.39, 0.29) is 11.8 Å². The number of hydrogen-bond acceptors (Lipinski definition) is 3. The monoisotopic (exact) mass is 380 g/mol. The number of amides is 2. The van der Waals surface area contributed by atoms with Gasteiger partial charge in [0.05, 0.1) is 0 Å². The van der Waals surface area contributed by atoms with Crippen LogP contribution in [0.3, 0.4) is 0 Å². The Morgan fingerprint density at radius 2 is 1.68 bits per heavy atom. The molecule has 0 atom stereocenters. The maximum absolute atomic E-state index is 12.8. The maximum atomic E-state index is 12.8. The third-order valence-electron chi connectivity index (χ3n) is 5.75. The molecule has 0 saturated carbocycles. The molecule has 0 bridgehead atoms. The molecule has 6 heteroatoms. The highest BCUT2D eigenvalue weighted by Gasteiger charge is 2.27. The van der Waals surface area contributed by atoms with Crippen molar-refractivity contribution in [3.05, 3.63) is 53.3 Å². The molecule has 6 nitrogen and oxygen atoms in total. The average Bonchev–Trinajstić information content (AvgIpc) is 3.18. The first kappa shape index (κ1) is 18.7. The van der Waals surface area contributed by atoms with Crippen LogP contribution in [0.15, 0.2) is 36.4 Å². The second kappa shape index (κ2) is 8.59. The van der Waals surface area contributed by atoms with Crippen LogP contribution < -0.4 is 0 Å². The van der Waals surface area contributed by atoms with E-state index in [0.717, 1.165) is 32.2 Å². The summed E-state index contributed by atoms with van der Waals surface area (Å²) in [5.74, 6) is 0.193. The lowest BCUT2D eigenvalue weighted by atomic mass is 10.1. The van der Waals surface area contributed by atoms with Gasteiger partial charge in [0.25, 0.3) is 5.91 Å². The fourth-order valence-corrected chi connectivity index (χ4v) is 4.09. The van der Waals surface area contributed by atoms with Gasteiger partial charge in [-0.15, -0.1) is 0 Å². The minimum atomic E-state index is -0.00178. The number of benzene rings is 1. The van der Waals surface area contributed by atoms with E-state index in [1.807, 2.05) is 38.7 Å². The molecule has 2 aromatic rings. The Balaban J connectivity index is 1.24. The SMILES string of the molecule is O=C(CCCc1ccccc1)N1CCN(C(=O)c2cc3n(n2)CCCC3)CC1. The summed E-state index contributed by atoms with van der Waals surface area (Å²) in [5.41, 5.74) is 3.00. The van der Waals surface area contributed by atoms with E-state index in [2.05, 4.69) is 17.2 Å². The molecule has 4 rings (SSSR count). The van der Waals surface area contributed by atoms with Crippen LogP contribution >= 0.6 is 0 Å². The number of nitrogens with zero attached hydrogens (tertiary/aromatic N) is 4. The summed E-state index contributed by atoms with van der Waals surface area (Å²) in [6.45, 7) is 3.32. The zero-order chi connectivity index (χ0) is 19.3. The molecule has 2 aliphatic rings. The molecule has 1 aromatic heterocycles. The lowest BCUT2D eigenvalue weighted by Gasteiger charge is -2.34. The van der Waals surface area contributed by atoms with Crippen LogP contribution in [0.25, 0.3) is 0 Å². The predicted molar refractivity (Wildman–Crippen MR) is 107 cm³/mol. The Morgan fingerprint density at radius 3 is 2.43 bits per heavy atom. The average molecular weight is 380 g/mol. The number of piperazine rings is 1. The largest absolute Gasteiger partial charge is 0.339 e. The summed E-state index contributed by atoms with van der Waals surface area (Å²) in [7, 11) is 0. The highest BCUT2D eigenvalue weighted by Crippen LogP contribution is 2.17. The van der Waals surface area contributed by atoms with Crippen molar-refractivity contribution in [2.24, 2.45) is 0 Å². The van der Waals surface area contributed by atoms with Gasteiger partial charge in [-0.3, -0.25) is 14.3 Å². The van der Waals surface area contributed by atoms with Gasteiger partial charge >= 0.3 is 0 Å². The molecule has 1 fully saturated rings. The number of aryl methyl sites for hydroxylation is 3. The topological polar surface area (TPSA) is 58.4 Å². The van der Waals surface area contributed by atoms with Gasteiger partial charge < -0.3 is 9.80 Å². The molecule has 1 saturated heterocycles. The van der Waals surface area contributed by atoms with E-state index in [4.69, 9.17) is 0 Å². The molecule has 28 heavy (non-hydrogen) atoms. The van der Waals surface area contributed by atoms with Crippen molar-refractivity contribution >= 4 is 11.8 Å². The number of carbonyl (C=O) groups excluding carboxylic acids is 2. The summed E-state index contributed by atoms with van der Waals surface area (Å²) in [4.78, 5) is 29.0. The van der Waals surface area contributed by atoms with Crippen molar-refractivity contribution in [3.8, 4) is 0 Å². The Labute approximate surface area is 166 Å². The highest BCUT2D eigenvalue weighted by atomic mass is 16.2. The number of aromatic nitrogens is 2. The molecule has 2 aliphatic heterocycles. The van der Waals surface area contributed by atoms with Gasteiger partial charge in [-0.05, 0) is 43.7 Å². The molecule has 0 N–H and O–H groups in total. The smallest absolute Gasteiger partial charge is 0.274 e. The Hall–Kier alpha value is -2.63. The first-order valence-electron chi connectivity index (χ1n) is 10.4. The van der Waals surface area contributed by atoms with Crippen molar-refractivity contribution in [2.75, 3.05) is 26.2 Å². The minimum Gasteiger partial charge on any atom is -0.339 e. The molecule has 3 heterocycles. The third kappa shape index (κ3) is 4.26. The zero-order valence-corrected chi connectivity index (χ0v) is 16.3. The standard InChI is InChI=1S/C22H28N4O2/c27-21(11-6-9-18-7-2-1-3-8-18)24-13-15-25(16-14-24)22(28)20-17-19-10-4-5-12-26(19)23-20/h1-3,7-8,17H,4-6,9-16H2.